The van der Waals surface area contributed by atoms with E-state index < -0.39 is 12.1 Å². The highest BCUT2D eigenvalue weighted by molar-refractivity contribution is 5.94. The van der Waals surface area contributed by atoms with Gasteiger partial charge in [-0.3, -0.25) is 4.79 Å². The van der Waals surface area contributed by atoms with Crippen LogP contribution in [-0.2, 0) is 0 Å². The summed E-state index contributed by atoms with van der Waals surface area (Å²) in [4.78, 5) is 11.3. The summed E-state index contributed by atoms with van der Waals surface area (Å²) in [6, 6.07) is 11.4. The number of hydrogen-bond donors (Lipinski definition) is 0. The second-order valence-electron chi connectivity index (χ2n) is 5.17. The molecule has 2 aromatic carbocycles. The largest absolute Gasteiger partial charge is 0.428 e. The van der Waals surface area contributed by atoms with Crippen LogP contribution in [0, 0.1) is 0 Å². The predicted octanol–water partition coefficient (Wildman–Crippen LogP) is 5.86. The summed E-state index contributed by atoms with van der Waals surface area (Å²) in [6.45, 7) is 3.42. The van der Waals surface area contributed by atoms with E-state index in [1.165, 1.54) is 19.1 Å². The minimum atomic E-state index is -2.50. The fourth-order valence-electron chi connectivity index (χ4n) is 2.08. The first-order valence-electron chi connectivity index (χ1n) is 7.15. The van der Waals surface area contributed by atoms with Crippen molar-refractivity contribution in [2.45, 2.75) is 13.8 Å². The zero-order valence-electron chi connectivity index (χ0n) is 13.1. The van der Waals surface area contributed by atoms with Crippen molar-refractivity contribution >= 4 is 17.4 Å². The van der Waals surface area contributed by atoms with Gasteiger partial charge < -0.3 is 4.74 Å². The maximum atomic E-state index is 12.7. The lowest BCUT2D eigenvalue weighted by atomic mass is 10.0. The minimum Gasteiger partial charge on any atom is -0.428 e. The van der Waals surface area contributed by atoms with E-state index >= 15 is 0 Å². The number of ether oxygens (including phenoxy) is 1. The molecule has 0 radical (unpaired) electrons. The molecule has 24 heavy (non-hydrogen) atoms. The molecule has 0 fully saturated rings. The van der Waals surface area contributed by atoms with Crippen molar-refractivity contribution in [1.82, 2.24) is 0 Å². The average Bonchev–Trinajstić information content (AvgIpc) is 2.56. The maximum absolute atomic E-state index is 12.7. The zero-order chi connectivity index (χ0) is 17.7. The van der Waals surface area contributed by atoms with E-state index in [-0.39, 0.29) is 11.5 Å². The van der Waals surface area contributed by atoms with Crippen molar-refractivity contribution in [3.8, 4) is 5.75 Å². The van der Waals surface area contributed by atoms with E-state index in [0.717, 1.165) is 16.7 Å². The van der Waals surface area contributed by atoms with Gasteiger partial charge in [0, 0.05) is 5.56 Å². The van der Waals surface area contributed by atoms with Crippen molar-refractivity contribution in [3.05, 3.63) is 77.3 Å². The summed E-state index contributed by atoms with van der Waals surface area (Å²) in [5.41, 5.74) is 3.36. The third-order valence-corrected chi connectivity index (χ3v) is 3.37. The number of carbonyl (C=O) groups is 1. The van der Waals surface area contributed by atoms with Crippen molar-refractivity contribution in [3.63, 3.8) is 0 Å². The fourth-order valence-corrected chi connectivity index (χ4v) is 2.08. The van der Waals surface area contributed by atoms with Gasteiger partial charge in [-0.25, -0.2) is 0 Å². The number of Topliss-reactive ketones (excluding diaryl/α,β-unsaturated/α-hetero) is 1. The molecule has 0 aliphatic rings. The summed E-state index contributed by atoms with van der Waals surface area (Å²) in [5, 5.41) is 0. The van der Waals surface area contributed by atoms with Crippen LogP contribution in [0.3, 0.4) is 0 Å². The molecule has 0 atom stereocenters. The summed E-state index contributed by atoms with van der Waals surface area (Å²) >= 11 is 0. The normalized spacial score (nSPS) is 11.1. The van der Waals surface area contributed by atoms with Gasteiger partial charge in [-0.2, -0.15) is 13.2 Å². The highest BCUT2D eigenvalue weighted by Gasteiger charge is 2.07. The molecule has 0 spiro atoms. The Labute approximate surface area is 137 Å². The van der Waals surface area contributed by atoms with Crippen LogP contribution in [0.5, 0.6) is 5.75 Å². The second-order valence-corrected chi connectivity index (χ2v) is 5.17. The van der Waals surface area contributed by atoms with Gasteiger partial charge in [0.05, 0.1) is 0 Å². The Morgan fingerprint density at radius 3 is 1.92 bits per heavy atom. The lowest BCUT2D eigenvalue weighted by Crippen LogP contribution is -1.91. The average molecular weight is 332 g/mol. The van der Waals surface area contributed by atoms with Crippen LogP contribution < -0.4 is 4.74 Å². The van der Waals surface area contributed by atoms with Crippen LogP contribution in [0.2, 0.25) is 0 Å². The molecule has 0 unspecified atom stereocenters. The van der Waals surface area contributed by atoms with Crippen LogP contribution in [0.15, 0.2) is 60.6 Å². The summed E-state index contributed by atoms with van der Waals surface area (Å²) in [5.74, 6) is -0.00863. The highest BCUT2D eigenvalue weighted by atomic mass is 19.3. The Kier molecular flexibility index (Phi) is 5.58. The van der Waals surface area contributed by atoms with E-state index in [1.807, 2.05) is 25.1 Å². The van der Waals surface area contributed by atoms with Gasteiger partial charge in [0.25, 0.3) is 0 Å². The van der Waals surface area contributed by atoms with Crippen molar-refractivity contribution in [1.29, 1.82) is 0 Å². The zero-order valence-corrected chi connectivity index (χ0v) is 13.1. The first-order valence-corrected chi connectivity index (χ1v) is 7.15. The number of allylic oxidation sites excluding steroid dienone is 1. The van der Waals surface area contributed by atoms with Crippen LogP contribution in [-0.4, -0.2) is 5.78 Å². The van der Waals surface area contributed by atoms with Crippen molar-refractivity contribution in [2.24, 2.45) is 0 Å². The standard InChI is InChI=1S/C19H15F3O2/c1-12(15-5-7-16(8-6-15)13(2)23)11-14-3-9-17(10-4-14)24-19(22)18(20)21/h3-11H,1-2H3. The molecule has 0 aliphatic heterocycles. The van der Waals surface area contributed by atoms with Crippen LogP contribution >= 0.6 is 0 Å². The monoisotopic (exact) mass is 332 g/mol. The molecule has 5 heteroatoms. The first-order chi connectivity index (χ1) is 11.4. The molecule has 0 aliphatic carbocycles. The molecule has 0 saturated heterocycles. The van der Waals surface area contributed by atoms with Crippen LogP contribution in [0.1, 0.15) is 35.3 Å². The lowest BCUT2D eigenvalue weighted by molar-refractivity contribution is 0.101. The van der Waals surface area contributed by atoms with E-state index in [4.69, 9.17) is 0 Å². The third kappa shape index (κ3) is 4.59. The molecule has 0 heterocycles. The quantitative estimate of drug-likeness (QED) is 0.389. The first kappa shape index (κ1) is 17.5. The van der Waals surface area contributed by atoms with Crippen molar-refractivity contribution < 1.29 is 22.7 Å². The Hall–Kier alpha value is -2.82. The number of rotatable bonds is 5. The molecule has 0 N–H and O–H groups in total. The molecule has 2 aromatic rings. The van der Waals surface area contributed by atoms with Gasteiger partial charge in [-0.05, 0) is 42.7 Å². The van der Waals surface area contributed by atoms with Gasteiger partial charge >= 0.3 is 12.1 Å². The molecule has 0 aromatic heterocycles. The molecule has 124 valence electrons. The van der Waals surface area contributed by atoms with Gasteiger partial charge in [0.2, 0.25) is 0 Å². The number of carbonyl (C=O) groups excluding carboxylic acids is 1. The molecule has 0 saturated carbocycles. The van der Waals surface area contributed by atoms with Crippen molar-refractivity contribution in [2.75, 3.05) is 0 Å². The van der Waals surface area contributed by atoms with E-state index in [1.54, 1.807) is 24.3 Å². The topological polar surface area (TPSA) is 26.3 Å². The molecule has 0 bridgehead atoms. The SMILES string of the molecule is CC(=O)c1ccc(C(C)=Cc2ccc(OC(F)=C(F)F)cc2)cc1. The highest BCUT2D eigenvalue weighted by Crippen LogP contribution is 2.22. The van der Waals surface area contributed by atoms with Gasteiger partial charge in [-0.15, -0.1) is 0 Å². The maximum Gasteiger partial charge on any atom is 0.344 e. The smallest absolute Gasteiger partial charge is 0.344 e. The molecule has 0 amide bonds. The van der Waals surface area contributed by atoms with Gasteiger partial charge in [0.15, 0.2) is 5.78 Å². The second kappa shape index (κ2) is 7.64. The van der Waals surface area contributed by atoms with Crippen LogP contribution in [0.4, 0.5) is 13.2 Å². The Balaban J connectivity index is 2.15. The van der Waals surface area contributed by atoms with E-state index in [2.05, 4.69) is 4.74 Å². The Morgan fingerprint density at radius 1 is 0.875 bits per heavy atom. The fraction of sp³-hybridized carbons (Fsp3) is 0.105. The molecular formula is C19H15F3O2. The summed E-state index contributed by atoms with van der Waals surface area (Å²) in [6.07, 6.45) is -0.613. The van der Waals surface area contributed by atoms with Gasteiger partial charge in [-0.1, -0.05) is 42.5 Å². The number of ketones is 1. The molecule has 2 rings (SSSR count). The summed E-state index contributed by atoms with van der Waals surface area (Å²) in [7, 11) is 0. The van der Waals surface area contributed by atoms with Gasteiger partial charge in [0.1, 0.15) is 5.75 Å². The Morgan fingerprint density at radius 2 is 1.42 bits per heavy atom. The predicted molar refractivity (Wildman–Crippen MR) is 87.4 cm³/mol. The number of hydrogen-bond acceptors (Lipinski definition) is 2. The lowest BCUT2D eigenvalue weighted by Gasteiger charge is -2.05. The van der Waals surface area contributed by atoms with Crippen LogP contribution in [0.25, 0.3) is 11.6 Å². The van der Waals surface area contributed by atoms with E-state index in [9.17, 15) is 18.0 Å². The third-order valence-electron chi connectivity index (χ3n) is 3.37. The van der Waals surface area contributed by atoms with E-state index in [0.29, 0.717) is 5.56 Å². The number of benzene rings is 2. The molecule has 2 nitrogen and oxygen atoms in total. The summed E-state index contributed by atoms with van der Waals surface area (Å²) < 4.78 is 41.0. The number of halogens is 3. The Bertz CT molecular complexity index is 784. The minimum absolute atomic E-state index is 0.00442. The molecular weight excluding hydrogens is 317 g/mol.